The molecule has 0 radical (unpaired) electrons. The highest BCUT2D eigenvalue weighted by atomic mass is 16.5. The molecule has 0 fully saturated rings. The molecule has 3 nitrogen and oxygen atoms in total. The molecule has 5 rings (SSSR count). The molecule has 2 heterocycles. The number of pyridine rings is 1. The number of fused-ring (bicyclic) bond motifs is 1. The minimum Gasteiger partial charge on any atom is -0.496 e. The number of ether oxygens (including phenoxy) is 1. The van der Waals surface area contributed by atoms with Gasteiger partial charge in [0, 0.05) is 34.6 Å². The molecule has 3 heteroatoms. The first kappa shape index (κ1) is 17.3. The second-order valence-electron chi connectivity index (χ2n) is 6.93. The summed E-state index contributed by atoms with van der Waals surface area (Å²) in [6.45, 7) is 0. The number of rotatable bonds is 4. The Morgan fingerprint density at radius 3 is 2.03 bits per heavy atom. The zero-order valence-electron chi connectivity index (χ0n) is 16.1. The average Bonchev–Trinajstić information content (AvgIpc) is 3.24. The van der Waals surface area contributed by atoms with Crippen molar-refractivity contribution in [1.82, 2.24) is 9.38 Å². The number of hydrogen-bond acceptors (Lipinski definition) is 2. The van der Waals surface area contributed by atoms with Crippen molar-refractivity contribution in [2.45, 2.75) is 0 Å². The summed E-state index contributed by atoms with van der Waals surface area (Å²) in [5, 5.41) is 0. The molecule has 3 aromatic carbocycles. The fourth-order valence-electron chi connectivity index (χ4n) is 3.71. The fraction of sp³-hybridized carbons (Fsp3) is 0.0385. The van der Waals surface area contributed by atoms with Crippen molar-refractivity contribution >= 4 is 5.65 Å². The van der Waals surface area contributed by atoms with Gasteiger partial charge in [-0.15, -0.1) is 0 Å². The topological polar surface area (TPSA) is 26.5 Å². The lowest BCUT2D eigenvalue weighted by Gasteiger charge is -2.12. The minimum absolute atomic E-state index is 0.856. The Bertz CT molecular complexity index is 1270. The van der Waals surface area contributed by atoms with Crippen molar-refractivity contribution in [2.24, 2.45) is 0 Å². The van der Waals surface area contributed by atoms with E-state index in [1.54, 1.807) is 7.11 Å². The number of hydrogen-bond donors (Lipinski definition) is 0. The molecular weight excluding hydrogens is 356 g/mol. The maximum atomic E-state index is 5.61. The van der Waals surface area contributed by atoms with Gasteiger partial charge in [-0.05, 0) is 17.7 Å². The van der Waals surface area contributed by atoms with Crippen LogP contribution in [0.5, 0.6) is 5.75 Å². The van der Waals surface area contributed by atoms with Gasteiger partial charge in [0.1, 0.15) is 11.4 Å². The monoisotopic (exact) mass is 376 g/mol. The highest BCUT2D eigenvalue weighted by Crippen LogP contribution is 2.35. The molecule has 140 valence electrons. The molecule has 5 aromatic rings. The Hall–Kier alpha value is -3.85. The lowest BCUT2D eigenvalue weighted by Crippen LogP contribution is -1.93. The molecule has 29 heavy (non-hydrogen) atoms. The number of benzene rings is 3. The fourth-order valence-corrected chi connectivity index (χ4v) is 3.71. The van der Waals surface area contributed by atoms with E-state index in [1.807, 2.05) is 42.5 Å². The van der Waals surface area contributed by atoms with Crippen LogP contribution < -0.4 is 4.74 Å². The quantitative estimate of drug-likeness (QED) is 0.366. The van der Waals surface area contributed by atoms with E-state index < -0.39 is 0 Å². The molecule has 0 aliphatic rings. The standard InChI is InChI=1S/C26H20N2O/c1-29-25-15-9-8-14-22(25)21-16-23(19-10-4-2-5-11-19)26-27-24(18-28(26)17-21)20-12-6-3-7-13-20/h2-18H,1H3. The maximum absolute atomic E-state index is 5.61. The first-order valence-corrected chi connectivity index (χ1v) is 9.60. The average molecular weight is 376 g/mol. The molecule has 0 unspecified atom stereocenters. The first-order chi connectivity index (χ1) is 14.3. The second-order valence-corrected chi connectivity index (χ2v) is 6.93. The first-order valence-electron chi connectivity index (χ1n) is 9.60. The molecule has 0 aliphatic carbocycles. The van der Waals surface area contributed by atoms with E-state index in [4.69, 9.17) is 9.72 Å². The van der Waals surface area contributed by atoms with Crippen LogP contribution in [-0.2, 0) is 0 Å². The molecule has 0 amide bonds. The van der Waals surface area contributed by atoms with Gasteiger partial charge in [0.05, 0.1) is 12.8 Å². The van der Waals surface area contributed by atoms with Gasteiger partial charge in [0.2, 0.25) is 0 Å². The third kappa shape index (κ3) is 3.17. The Balaban J connectivity index is 1.78. The SMILES string of the molecule is COc1ccccc1-c1cc(-c2ccccc2)c2nc(-c3ccccc3)cn2c1. The second kappa shape index (κ2) is 7.28. The van der Waals surface area contributed by atoms with Crippen LogP contribution in [0.15, 0.2) is 103 Å². The van der Waals surface area contributed by atoms with Crippen LogP contribution in [0.3, 0.4) is 0 Å². The van der Waals surface area contributed by atoms with E-state index in [0.29, 0.717) is 0 Å². The van der Waals surface area contributed by atoms with Gasteiger partial charge in [0.15, 0.2) is 0 Å². The van der Waals surface area contributed by atoms with Gasteiger partial charge in [-0.1, -0.05) is 78.9 Å². The van der Waals surface area contributed by atoms with Gasteiger partial charge in [-0.25, -0.2) is 4.98 Å². The van der Waals surface area contributed by atoms with Crippen molar-refractivity contribution in [1.29, 1.82) is 0 Å². The Morgan fingerprint density at radius 2 is 1.31 bits per heavy atom. The number of nitrogens with zero attached hydrogens (tertiary/aromatic N) is 2. The highest BCUT2D eigenvalue weighted by molar-refractivity contribution is 5.85. The molecule has 2 aromatic heterocycles. The van der Waals surface area contributed by atoms with Crippen molar-refractivity contribution in [3.63, 3.8) is 0 Å². The van der Waals surface area contributed by atoms with Crippen LogP contribution >= 0.6 is 0 Å². The van der Waals surface area contributed by atoms with Crippen LogP contribution in [0.2, 0.25) is 0 Å². The van der Waals surface area contributed by atoms with E-state index >= 15 is 0 Å². The third-order valence-corrected chi connectivity index (χ3v) is 5.12. The maximum Gasteiger partial charge on any atom is 0.145 e. The molecule has 0 saturated heterocycles. The predicted molar refractivity (Wildman–Crippen MR) is 118 cm³/mol. The van der Waals surface area contributed by atoms with Gasteiger partial charge in [-0.3, -0.25) is 0 Å². The Morgan fingerprint density at radius 1 is 0.655 bits per heavy atom. The number of aromatic nitrogens is 2. The summed E-state index contributed by atoms with van der Waals surface area (Å²) < 4.78 is 7.72. The van der Waals surface area contributed by atoms with Crippen LogP contribution in [0, 0.1) is 0 Å². The van der Waals surface area contributed by atoms with E-state index in [-0.39, 0.29) is 0 Å². The predicted octanol–water partition coefficient (Wildman–Crippen LogP) is 6.34. The van der Waals surface area contributed by atoms with Crippen LogP contribution in [0.1, 0.15) is 0 Å². The van der Waals surface area contributed by atoms with Gasteiger partial charge < -0.3 is 9.14 Å². The lowest BCUT2D eigenvalue weighted by molar-refractivity contribution is 0.416. The lowest BCUT2D eigenvalue weighted by atomic mass is 10.0. The van der Waals surface area contributed by atoms with E-state index in [0.717, 1.165) is 44.9 Å². The molecular formula is C26H20N2O. The van der Waals surface area contributed by atoms with Crippen LogP contribution in [0.4, 0.5) is 0 Å². The summed E-state index contributed by atoms with van der Waals surface area (Å²) in [7, 11) is 1.71. The normalized spacial score (nSPS) is 10.9. The minimum atomic E-state index is 0.856. The smallest absolute Gasteiger partial charge is 0.145 e. The van der Waals surface area contributed by atoms with Crippen LogP contribution in [-0.4, -0.2) is 16.5 Å². The summed E-state index contributed by atoms with van der Waals surface area (Å²) in [4.78, 5) is 4.97. The molecule has 0 bridgehead atoms. The third-order valence-electron chi connectivity index (χ3n) is 5.12. The number of para-hydroxylation sites is 1. The number of methoxy groups -OCH3 is 1. The Labute approximate surface area is 169 Å². The van der Waals surface area contributed by atoms with Gasteiger partial charge >= 0.3 is 0 Å². The molecule has 0 N–H and O–H groups in total. The van der Waals surface area contributed by atoms with E-state index in [2.05, 4.69) is 65.3 Å². The van der Waals surface area contributed by atoms with Crippen LogP contribution in [0.25, 0.3) is 39.2 Å². The molecule has 0 atom stereocenters. The van der Waals surface area contributed by atoms with Crippen molar-refractivity contribution in [3.8, 4) is 39.3 Å². The summed E-state index contributed by atoms with van der Waals surface area (Å²) in [6, 6.07) is 31.0. The summed E-state index contributed by atoms with van der Waals surface area (Å²) in [5.74, 6) is 0.856. The van der Waals surface area contributed by atoms with Gasteiger partial charge in [0.25, 0.3) is 0 Å². The molecule has 0 saturated carbocycles. The summed E-state index contributed by atoms with van der Waals surface area (Å²) in [5.41, 5.74) is 7.38. The van der Waals surface area contributed by atoms with E-state index in [1.165, 1.54) is 0 Å². The van der Waals surface area contributed by atoms with E-state index in [9.17, 15) is 0 Å². The Kier molecular flexibility index (Phi) is 4.34. The largest absolute Gasteiger partial charge is 0.496 e. The zero-order chi connectivity index (χ0) is 19.6. The summed E-state index contributed by atoms with van der Waals surface area (Å²) >= 11 is 0. The summed E-state index contributed by atoms with van der Waals surface area (Å²) in [6.07, 6.45) is 4.22. The zero-order valence-corrected chi connectivity index (χ0v) is 16.1. The van der Waals surface area contributed by atoms with Crippen molar-refractivity contribution in [2.75, 3.05) is 7.11 Å². The molecule has 0 spiro atoms. The number of imidazole rings is 1. The van der Waals surface area contributed by atoms with Crippen molar-refractivity contribution < 1.29 is 4.74 Å². The highest BCUT2D eigenvalue weighted by Gasteiger charge is 2.14. The molecule has 0 aliphatic heterocycles. The van der Waals surface area contributed by atoms with Crippen molar-refractivity contribution in [3.05, 3.63) is 103 Å². The van der Waals surface area contributed by atoms with Gasteiger partial charge in [-0.2, -0.15) is 0 Å².